The lowest BCUT2D eigenvalue weighted by Crippen LogP contribution is -2.54. The zero-order valence-corrected chi connectivity index (χ0v) is 21.9. The number of amides is 2. The molecule has 35 heavy (non-hydrogen) atoms. The molecule has 1 atom stereocenters. The first-order valence-corrected chi connectivity index (χ1v) is 13.0. The van der Waals surface area contributed by atoms with E-state index in [0.29, 0.717) is 13.1 Å². The van der Waals surface area contributed by atoms with Crippen molar-refractivity contribution in [1.82, 2.24) is 14.7 Å². The van der Waals surface area contributed by atoms with Gasteiger partial charge in [0.25, 0.3) is 0 Å². The van der Waals surface area contributed by atoms with Crippen molar-refractivity contribution in [3.8, 4) is 0 Å². The molecule has 2 amide bonds. The number of nitrogens with zero attached hydrogens (tertiary/aromatic N) is 3. The Morgan fingerprint density at radius 2 is 1.63 bits per heavy atom. The molecule has 0 bridgehead atoms. The molecule has 0 aromatic heterocycles. The third-order valence-corrected chi connectivity index (χ3v) is 8.25. The van der Waals surface area contributed by atoms with Crippen molar-refractivity contribution in [2.24, 2.45) is 0 Å². The maximum absolute atomic E-state index is 13.8. The number of fused-ring (bicyclic) bond motifs is 3. The molecule has 2 fully saturated rings. The molecular formula is C30H39N3O2. The topological polar surface area (TPSA) is 47.0 Å². The van der Waals surface area contributed by atoms with E-state index in [4.69, 9.17) is 0 Å². The van der Waals surface area contributed by atoms with Gasteiger partial charge in [0.2, 0.25) is 0 Å². The highest BCUT2D eigenvalue weighted by molar-refractivity contribution is 5.83. The average molecular weight is 474 g/mol. The zero-order chi connectivity index (χ0) is 24.9. The molecule has 2 saturated heterocycles. The lowest BCUT2D eigenvalue weighted by Gasteiger charge is -2.44. The molecule has 2 aromatic carbocycles. The van der Waals surface area contributed by atoms with Gasteiger partial charge in [-0.2, -0.15) is 0 Å². The number of aliphatic hydroxyl groups excluding tert-OH is 1. The van der Waals surface area contributed by atoms with E-state index < -0.39 is 0 Å². The third-order valence-electron chi connectivity index (χ3n) is 8.25. The summed E-state index contributed by atoms with van der Waals surface area (Å²) in [4.78, 5) is 20.3. The van der Waals surface area contributed by atoms with Crippen LogP contribution < -0.4 is 0 Å². The molecule has 5 heteroatoms. The summed E-state index contributed by atoms with van der Waals surface area (Å²) in [5, 5.41) is 9.89. The number of aryl methyl sites for hydroxylation is 4. The Labute approximate surface area is 210 Å². The predicted molar refractivity (Wildman–Crippen MR) is 140 cm³/mol. The normalized spacial score (nSPS) is 21.7. The van der Waals surface area contributed by atoms with Crippen molar-refractivity contribution in [2.75, 3.05) is 26.2 Å². The molecule has 3 aliphatic heterocycles. The maximum Gasteiger partial charge on any atom is 0.325 e. The summed E-state index contributed by atoms with van der Waals surface area (Å²) in [6, 6.07) is 11.3. The van der Waals surface area contributed by atoms with Crippen molar-refractivity contribution in [1.29, 1.82) is 0 Å². The molecule has 5 nitrogen and oxygen atoms in total. The highest BCUT2D eigenvalue weighted by Gasteiger charge is 2.55. The molecule has 3 aliphatic rings. The highest BCUT2D eigenvalue weighted by atomic mass is 16.3. The van der Waals surface area contributed by atoms with Gasteiger partial charge in [-0.1, -0.05) is 60.0 Å². The van der Waals surface area contributed by atoms with Crippen LogP contribution >= 0.6 is 0 Å². The summed E-state index contributed by atoms with van der Waals surface area (Å²) in [6.45, 7) is 14.7. The third kappa shape index (κ3) is 4.19. The number of hydrogen-bond acceptors (Lipinski definition) is 3. The van der Waals surface area contributed by atoms with Crippen LogP contribution in [0.3, 0.4) is 0 Å². The number of piperidine rings is 1. The fourth-order valence-electron chi connectivity index (χ4n) is 6.99. The van der Waals surface area contributed by atoms with Crippen LogP contribution in [0.2, 0.25) is 0 Å². The molecule has 1 N–H and O–H groups in total. The first-order chi connectivity index (χ1) is 16.7. The molecule has 186 valence electrons. The predicted octanol–water partition coefficient (Wildman–Crippen LogP) is 5.19. The Kier molecular flexibility index (Phi) is 6.27. The van der Waals surface area contributed by atoms with Gasteiger partial charge in [0.05, 0.1) is 18.7 Å². The van der Waals surface area contributed by atoms with Gasteiger partial charge in [-0.15, -0.1) is 0 Å². The number of likely N-dealkylation sites (tertiary alicyclic amines) is 1. The van der Waals surface area contributed by atoms with E-state index in [-0.39, 0.29) is 24.1 Å². The number of aliphatic hydroxyl groups is 1. The molecule has 0 saturated carbocycles. The number of carbonyl (C=O) groups is 1. The number of benzene rings is 2. The Morgan fingerprint density at radius 3 is 2.29 bits per heavy atom. The van der Waals surface area contributed by atoms with Gasteiger partial charge < -0.3 is 10.0 Å². The smallest absolute Gasteiger partial charge is 0.325 e. The number of allylic oxidation sites excluding steroid dienone is 1. The molecule has 0 aliphatic carbocycles. The number of β-amino-alcohol motifs (C(OH)–C–C–N with tert-alkyl or cyclic N) is 1. The van der Waals surface area contributed by atoms with Crippen molar-refractivity contribution < 1.29 is 9.90 Å². The van der Waals surface area contributed by atoms with Gasteiger partial charge in [0.15, 0.2) is 0 Å². The maximum atomic E-state index is 13.8. The van der Waals surface area contributed by atoms with Crippen LogP contribution in [0.1, 0.15) is 64.6 Å². The molecule has 3 heterocycles. The summed E-state index contributed by atoms with van der Waals surface area (Å²) in [5.74, 6) is 0.248. The Balaban J connectivity index is 1.46. The van der Waals surface area contributed by atoms with Gasteiger partial charge in [-0.05, 0) is 62.8 Å². The monoisotopic (exact) mass is 473 g/mol. The van der Waals surface area contributed by atoms with E-state index in [2.05, 4.69) is 75.9 Å². The summed E-state index contributed by atoms with van der Waals surface area (Å²) in [5.41, 5.74) is 9.96. The van der Waals surface area contributed by atoms with Crippen LogP contribution in [-0.2, 0) is 13.1 Å². The first-order valence-electron chi connectivity index (χ1n) is 13.0. The van der Waals surface area contributed by atoms with E-state index in [9.17, 15) is 9.90 Å². The minimum atomic E-state index is -0.335. The molecular weight excluding hydrogens is 434 g/mol. The summed E-state index contributed by atoms with van der Waals surface area (Å²) >= 11 is 0. The van der Waals surface area contributed by atoms with Gasteiger partial charge in [0, 0.05) is 37.8 Å². The zero-order valence-electron chi connectivity index (χ0n) is 21.9. The molecule has 0 unspecified atom stereocenters. The Hall–Kier alpha value is -2.63. The first kappa shape index (κ1) is 24.1. The van der Waals surface area contributed by atoms with Crippen LogP contribution in [0.15, 0.2) is 42.1 Å². The van der Waals surface area contributed by atoms with Crippen molar-refractivity contribution >= 4 is 6.03 Å². The molecule has 2 aromatic rings. The fraction of sp³-hybridized carbons (Fsp3) is 0.500. The second kappa shape index (κ2) is 9.11. The van der Waals surface area contributed by atoms with Crippen molar-refractivity contribution in [2.45, 2.75) is 72.0 Å². The largest absolute Gasteiger partial charge is 0.395 e. The second-order valence-electron chi connectivity index (χ2n) is 11.0. The minimum Gasteiger partial charge on any atom is -0.395 e. The van der Waals surface area contributed by atoms with E-state index in [0.717, 1.165) is 38.2 Å². The average Bonchev–Trinajstić information content (AvgIpc) is 2.89. The lowest BCUT2D eigenvalue weighted by molar-refractivity contribution is 0.0746. The number of urea groups is 1. The van der Waals surface area contributed by atoms with Crippen molar-refractivity contribution in [3.05, 3.63) is 81.0 Å². The van der Waals surface area contributed by atoms with E-state index in [1.54, 1.807) is 0 Å². The Bertz CT molecular complexity index is 1160. The summed E-state index contributed by atoms with van der Waals surface area (Å²) in [7, 11) is 0. The van der Waals surface area contributed by atoms with Crippen LogP contribution in [-0.4, -0.2) is 57.6 Å². The summed E-state index contributed by atoms with van der Waals surface area (Å²) in [6.07, 6.45) is 4.14. The van der Waals surface area contributed by atoms with Gasteiger partial charge in [-0.3, -0.25) is 9.80 Å². The van der Waals surface area contributed by atoms with Crippen LogP contribution in [0.25, 0.3) is 0 Å². The van der Waals surface area contributed by atoms with Crippen molar-refractivity contribution in [3.63, 3.8) is 0 Å². The van der Waals surface area contributed by atoms with Crippen LogP contribution in [0.4, 0.5) is 4.79 Å². The Morgan fingerprint density at radius 1 is 0.971 bits per heavy atom. The van der Waals surface area contributed by atoms with E-state index in [1.807, 2.05) is 9.80 Å². The minimum absolute atomic E-state index is 0.00868. The van der Waals surface area contributed by atoms with Crippen LogP contribution in [0, 0.1) is 27.7 Å². The van der Waals surface area contributed by atoms with Crippen LogP contribution in [0.5, 0.6) is 0 Å². The summed E-state index contributed by atoms with van der Waals surface area (Å²) < 4.78 is 0. The molecule has 0 radical (unpaired) electrons. The number of carbonyl (C=O) groups excluding carboxylic acids is 1. The van der Waals surface area contributed by atoms with Gasteiger partial charge >= 0.3 is 6.03 Å². The fourth-order valence-corrected chi connectivity index (χ4v) is 6.99. The van der Waals surface area contributed by atoms with Gasteiger partial charge in [-0.25, -0.2) is 4.79 Å². The molecule has 5 rings (SSSR count). The standard InChI is InChI=1S/C30H39N3O2/c1-20-12-21(2)15-25(14-20)18-31-8-6-30(7-9-31)27-17-24(5)28-23(4)13-22(3)16-26(28)19-32(27)29(35)33(30)10-11-34/h12-17,24,34H,6-11,18-19H2,1-5H3/t24-/m1/s1. The lowest BCUT2D eigenvalue weighted by atomic mass is 9.81. The molecule has 1 spiro atoms. The number of hydrogen-bond donors (Lipinski definition) is 1. The number of rotatable bonds is 4. The van der Waals surface area contributed by atoms with E-state index >= 15 is 0 Å². The SMILES string of the molecule is Cc1cc(C)cc(CN2CCC3(CC2)C2=C[C@@H](C)c4c(C)cc(C)cc4CN2C(=O)N3CCO)c1. The second-order valence-corrected chi connectivity index (χ2v) is 11.0. The van der Waals surface area contributed by atoms with E-state index in [1.165, 1.54) is 38.9 Å². The highest BCUT2D eigenvalue weighted by Crippen LogP contribution is 2.47. The van der Waals surface area contributed by atoms with Gasteiger partial charge in [0.1, 0.15) is 0 Å². The quantitative estimate of drug-likeness (QED) is 0.665.